The first-order valence-electron chi connectivity index (χ1n) is 5.03. The quantitative estimate of drug-likeness (QED) is 0.722. The molecule has 0 aromatic heterocycles. The van der Waals surface area contributed by atoms with E-state index >= 15 is 0 Å². The Morgan fingerprint density at radius 3 is 2.57 bits per heavy atom. The summed E-state index contributed by atoms with van der Waals surface area (Å²) in [4.78, 5) is 4.74. The molecule has 1 heterocycles. The van der Waals surface area contributed by atoms with Crippen LogP contribution in [0.25, 0.3) is 0 Å². The summed E-state index contributed by atoms with van der Waals surface area (Å²) in [6.07, 6.45) is 0. The molecule has 0 N–H and O–H groups in total. The molecule has 1 nitrogen and oxygen atoms in total. The lowest BCUT2D eigenvalue weighted by atomic mass is 10.1. The van der Waals surface area contributed by atoms with Crippen LogP contribution in [-0.2, 0) is 0 Å². The molecule has 2 heteroatoms. The van der Waals surface area contributed by atoms with Gasteiger partial charge in [-0.25, -0.2) is 0 Å². The molecule has 0 aliphatic carbocycles. The number of hydrogen-bond donors (Lipinski definition) is 0. The van der Waals surface area contributed by atoms with Crippen LogP contribution in [0.4, 0.5) is 0 Å². The molecule has 1 aromatic carbocycles. The van der Waals surface area contributed by atoms with Gasteiger partial charge in [-0.2, -0.15) is 0 Å². The Morgan fingerprint density at radius 1 is 1.29 bits per heavy atom. The van der Waals surface area contributed by atoms with E-state index in [-0.39, 0.29) is 0 Å². The van der Waals surface area contributed by atoms with Gasteiger partial charge in [-0.05, 0) is 5.92 Å². The highest BCUT2D eigenvalue weighted by atomic mass is 32.2. The van der Waals surface area contributed by atoms with Gasteiger partial charge < -0.3 is 0 Å². The second kappa shape index (κ2) is 4.18. The van der Waals surface area contributed by atoms with Crippen LogP contribution in [0.5, 0.6) is 0 Å². The zero-order valence-electron chi connectivity index (χ0n) is 8.60. The van der Waals surface area contributed by atoms with E-state index in [0.717, 1.165) is 5.75 Å². The maximum atomic E-state index is 4.74. The first kappa shape index (κ1) is 9.78. The molecule has 14 heavy (non-hydrogen) atoms. The molecule has 1 aliphatic rings. The summed E-state index contributed by atoms with van der Waals surface area (Å²) in [5.41, 5.74) is 1.26. The fraction of sp³-hybridized carbons (Fsp3) is 0.417. The van der Waals surface area contributed by atoms with E-state index in [2.05, 4.69) is 38.1 Å². The number of benzene rings is 1. The fourth-order valence-corrected chi connectivity index (χ4v) is 2.77. The third kappa shape index (κ3) is 2.01. The molecule has 0 unspecified atom stereocenters. The molecule has 2 rings (SSSR count). The second-order valence-corrected chi connectivity index (χ2v) is 4.93. The van der Waals surface area contributed by atoms with Gasteiger partial charge in [-0.3, -0.25) is 4.99 Å². The molecular formula is C12H15NS. The minimum atomic E-state index is 0.509. The number of hydrogen-bond acceptors (Lipinski definition) is 2. The summed E-state index contributed by atoms with van der Waals surface area (Å²) < 4.78 is 0. The number of thioether (sulfide) groups is 1. The molecule has 1 atom stereocenters. The van der Waals surface area contributed by atoms with Crippen LogP contribution >= 0.6 is 11.8 Å². The smallest absolute Gasteiger partial charge is 0.0981 e. The van der Waals surface area contributed by atoms with Crippen LogP contribution in [-0.4, -0.2) is 16.8 Å². The summed E-state index contributed by atoms with van der Waals surface area (Å²) in [5.74, 6) is 1.80. The summed E-state index contributed by atoms with van der Waals surface area (Å²) >= 11 is 1.88. The van der Waals surface area contributed by atoms with Gasteiger partial charge in [0.1, 0.15) is 0 Å². The van der Waals surface area contributed by atoms with E-state index in [9.17, 15) is 0 Å². The minimum absolute atomic E-state index is 0.509. The lowest BCUT2D eigenvalue weighted by Gasteiger charge is -2.08. The van der Waals surface area contributed by atoms with Gasteiger partial charge in [-0.15, -0.1) is 11.8 Å². The Hall–Kier alpha value is -0.760. The maximum absolute atomic E-state index is 4.74. The van der Waals surface area contributed by atoms with Crippen molar-refractivity contribution in [3.8, 4) is 0 Å². The minimum Gasteiger partial charge on any atom is -0.273 e. The van der Waals surface area contributed by atoms with E-state index in [1.165, 1.54) is 10.6 Å². The third-order valence-electron chi connectivity index (χ3n) is 2.46. The largest absolute Gasteiger partial charge is 0.273 e. The SMILES string of the molecule is CC(C)[C@H]1CSC(c2ccccc2)=N1. The van der Waals surface area contributed by atoms with Crippen molar-refractivity contribution < 1.29 is 0 Å². The van der Waals surface area contributed by atoms with Crippen LogP contribution in [0.3, 0.4) is 0 Å². The third-order valence-corrected chi connectivity index (χ3v) is 3.59. The second-order valence-electron chi connectivity index (χ2n) is 3.92. The van der Waals surface area contributed by atoms with Crippen molar-refractivity contribution in [3.63, 3.8) is 0 Å². The van der Waals surface area contributed by atoms with Crippen molar-refractivity contribution in [1.29, 1.82) is 0 Å². The van der Waals surface area contributed by atoms with Gasteiger partial charge in [0, 0.05) is 11.3 Å². The molecule has 0 saturated carbocycles. The topological polar surface area (TPSA) is 12.4 Å². The highest BCUT2D eigenvalue weighted by Gasteiger charge is 2.21. The Labute approximate surface area is 89.6 Å². The predicted molar refractivity (Wildman–Crippen MR) is 64.1 cm³/mol. The molecule has 0 saturated heterocycles. The summed E-state index contributed by atoms with van der Waals surface area (Å²) in [6.45, 7) is 4.48. The number of rotatable bonds is 2. The fourth-order valence-electron chi connectivity index (χ4n) is 1.47. The van der Waals surface area contributed by atoms with Crippen LogP contribution in [0.2, 0.25) is 0 Å². The predicted octanol–water partition coefficient (Wildman–Crippen LogP) is 3.20. The van der Waals surface area contributed by atoms with Gasteiger partial charge in [0.05, 0.1) is 11.1 Å². The van der Waals surface area contributed by atoms with E-state index < -0.39 is 0 Å². The van der Waals surface area contributed by atoms with Gasteiger partial charge in [0.2, 0.25) is 0 Å². The van der Waals surface area contributed by atoms with Gasteiger partial charge in [0.15, 0.2) is 0 Å². The highest BCUT2D eigenvalue weighted by molar-refractivity contribution is 8.14. The zero-order chi connectivity index (χ0) is 9.97. The average Bonchev–Trinajstić information content (AvgIpc) is 2.68. The van der Waals surface area contributed by atoms with Gasteiger partial charge >= 0.3 is 0 Å². The van der Waals surface area contributed by atoms with Crippen molar-refractivity contribution in [2.45, 2.75) is 19.9 Å². The Morgan fingerprint density at radius 2 is 2.00 bits per heavy atom. The van der Waals surface area contributed by atoms with Gasteiger partial charge in [0.25, 0.3) is 0 Å². The van der Waals surface area contributed by atoms with E-state index in [4.69, 9.17) is 4.99 Å². The van der Waals surface area contributed by atoms with Crippen LogP contribution < -0.4 is 0 Å². The lowest BCUT2D eigenvalue weighted by molar-refractivity contribution is 0.544. The first-order chi connectivity index (χ1) is 6.77. The maximum Gasteiger partial charge on any atom is 0.0981 e. The molecule has 1 aliphatic heterocycles. The zero-order valence-corrected chi connectivity index (χ0v) is 9.42. The molecule has 0 fully saturated rings. The van der Waals surface area contributed by atoms with Crippen LogP contribution in [0.15, 0.2) is 35.3 Å². The van der Waals surface area contributed by atoms with E-state index in [1.54, 1.807) is 0 Å². The van der Waals surface area contributed by atoms with Crippen molar-refractivity contribution in [3.05, 3.63) is 35.9 Å². The van der Waals surface area contributed by atoms with Crippen molar-refractivity contribution in [1.82, 2.24) is 0 Å². The average molecular weight is 205 g/mol. The van der Waals surface area contributed by atoms with E-state index in [1.807, 2.05) is 17.8 Å². The molecule has 0 radical (unpaired) electrons. The Kier molecular flexibility index (Phi) is 2.92. The molecular weight excluding hydrogens is 190 g/mol. The summed E-state index contributed by atoms with van der Waals surface area (Å²) in [5, 5.41) is 1.21. The van der Waals surface area contributed by atoms with Crippen molar-refractivity contribution >= 4 is 16.8 Å². The standard InChI is InChI=1S/C12H15NS/c1-9(2)11-8-14-12(13-11)10-6-4-3-5-7-10/h3-7,9,11H,8H2,1-2H3/t11-/m1/s1. The number of nitrogens with zero attached hydrogens (tertiary/aromatic N) is 1. The van der Waals surface area contributed by atoms with Crippen LogP contribution in [0, 0.1) is 5.92 Å². The Bertz CT molecular complexity index is 329. The Balaban J connectivity index is 2.18. The monoisotopic (exact) mass is 205 g/mol. The molecule has 74 valence electrons. The number of aliphatic imine (C=N–C) groups is 1. The van der Waals surface area contributed by atoms with Crippen LogP contribution in [0.1, 0.15) is 19.4 Å². The lowest BCUT2D eigenvalue weighted by Crippen LogP contribution is -2.11. The van der Waals surface area contributed by atoms with Gasteiger partial charge in [-0.1, -0.05) is 44.2 Å². The molecule has 0 bridgehead atoms. The summed E-state index contributed by atoms with van der Waals surface area (Å²) in [7, 11) is 0. The molecule has 1 aromatic rings. The van der Waals surface area contributed by atoms with Crippen molar-refractivity contribution in [2.24, 2.45) is 10.9 Å². The first-order valence-corrected chi connectivity index (χ1v) is 6.02. The summed E-state index contributed by atoms with van der Waals surface area (Å²) in [6, 6.07) is 11.0. The normalized spacial score (nSPS) is 21.4. The molecule has 0 amide bonds. The van der Waals surface area contributed by atoms with Crippen molar-refractivity contribution in [2.75, 3.05) is 5.75 Å². The molecule has 0 spiro atoms. The van der Waals surface area contributed by atoms with E-state index in [0.29, 0.717) is 12.0 Å². The highest BCUT2D eigenvalue weighted by Crippen LogP contribution is 2.26.